The molecule has 0 aromatic rings. The SMILES string of the molecule is CC(C(=O)N1CCCCC1)N1CCCCC1(C)C(=O)O. The zero-order chi connectivity index (χ0) is 14.8. The molecule has 1 amide bonds. The summed E-state index contributed by atoms with van der Waals surface area (Å²) in [5, 5.41) is 9.54. The predicted molar refractivity (Wildman–Crippen MR) is 76.5 cm³/mol. The van der Waals surface area contributed by atoms with Crippen molar-refractivity contribution >= 4 is 11.9 Å². The minimum absolute atomic E-state index is 0.0964. The Morgan fingerprint density at radius 1 is 1.05 bits per heavy atom. The van der Waals surface area contributed by atoms with Gasteiger partial charge in [0, 0.05) is 19.6 Å². The van der Waals surface area contributed by atoms with Crippen LogP contribution in [0, 0.1) is 0 Å². The van der Waals surface area contributed by atoms with E-state index >= 15 is 0 Å². The fraction of sp³-hybridized carbons (Fsp3) is 0.867. The van der Waals surface area contributed by atoms with Crippen molar-refractivity contribution in [1.82, 2.24) is 9.80 Å². The fourth-order valence-electron chi connectivity index (χ4n) is 3.50. The lowest BCUT2D eigenvalue weighted by molar-refractivity contribution is -0.158. The third-order valence-electron chi connectivity index (χ3n) is 4.90. The Morgan fingerprint density at radius 2 is 1.65 bits per heavy atom. The summed E-state index contributed by atoms with van der Waals surface area (Å²) in [6.45, 7) is 5.96. The van der Waals surface area contributed by atoms with Crippen molar-refractivity contribution in [3.63, 3.8) is 0 Å². The number of rotatable bonds is 3. The van der Waals surface area contributed by atoms with E-state index in [1.165, 1.54) is 6.42 Å². The van der Waals surface area contributed by atoms with Crippen LogP contribution in [0.3, 0.4) is 0 Å². The number of aliphatic carboxylic acids is 1. The van der Waals surface area contributed by atoms with Crippen LogP contribution >= 0.6 is 0 Å². The molecule has 0 saturated carbocycles. The predicted octanol–water partition coefficient (Wildman–Crippen LogP) is 1.72. The molecule has 5 heteroatoms. The van der Waals surface area contributed by atoms with E-state index in [2.05, 4.69) is 0 Å². The molecule has 2 atom stereocenters. The quantitative estimate of drug-likeness (QED) is 0.856. The first kappa shape index (κ1) is 15.3. The zero-order valence-corrected chi connectivity index (χ0v) is 12.6. The number of nitrogens with zero attached hydrogens (tertiary/aromatic N) is 2. The Labute approximate surface area is 120 Å². The largest absolute Gasteiger partial charge is 0.480 e. The molecule has 2 aliphatic rings. The average Bonchev–Trinajstić information content (AvgIpc) is 2.47. The lowest BCUT2D eigenvalue weighted by Gasteiger charge is -2.45. The Morgan fingerprint density at radius 3 is 2.25 bits per heavy atom. The van der Waals surface area contributed by atoms with Gasteiger partial charge >= 0.3 is 5.97 Å². The van der Waals surface area contributed by atoms with Crippen LogP contribution in [0.4, 0.5) is 0 Å². The van der Waals surface area contributed by atoms with Crippen molar-refractivity contribution < 1.29 is 14.7 Å². The van der Waals surface area contributed by atoms with E-state index in [9.17, 15) is 14.7 Å². The number of carboxylic acids is 1. The highest BCUT2D eigenvalue weighted by Gasteiger charge is 2.45. The third-order valence-corrected chi connectivity index (χ3v) is 4.90. The van der Waals surface area contributed by atoms with Crippen LogP contribution in [0.1, 0.15) is 52.4 Å². The minimum Gasteiger partial charge on any atom is -0.480 e. The van der Waals surface area contributed by atoms with Gasteiger partial charge in [-0.25, -0.2) is 0 Å². The maximum atomic E-state index is 12.6. The molecular weight excluding hydrogens is 256 g/mol. The van der Waals surface area contributed by atoms with Crippen molar-refractivity contribution in [2.75, 3.05) is 19.6 Å². The van der Waals surface area contributed by atoms with Crippen LogP contribution < -0.4 is 0 Å². The molecule has 1 N–H and O–H groups in total. The van der Waals surface area contributed by atoms with Gasteiger partial charge in [0.15, 0.2) is 0 Å². The molecule has 0 aliphatic carbocycles. The monoisotopic (exact) mass is 282 g/mol. The molecule has 2 rings (SSSR count). The first-order valence-electron chi connectivity index (χ1n) is 7.76. The van der Waals surface area contributed by atoms with Crippen LogP contribution in [0.2, 0.25) is 0 Å². The third kappa shape index (κ3) is 2.82. The molecule has 2 heterocycles. The average molecular weight is 282 g/mol. The first-order chi connectivity index (χ1) is 9.47. The first-order valence-corrected chi connectivity index (χ1v) is 7.76. The highest BCUT2D eigenvalue weighted by Crippen LogP contribution is 2.31. The van der Waals surface area contributed by atoms with Gasteiger partial charge in [0.1, 0.15) is 5.54 Å². The topological polar surface area (TPSA) is 60.9 Å². The van der Waals surface area contributed by atoms with Crippen LogP contribution in [-0.2, 0) is 9.59 Å². The maximum Gasteiger partial charge on any atom is 0.323 e. The van der Waals surface area contributed by atoms with Gasteiger partial charge in [-0.2, -0.15) is 0 Å². The van der Waals surface area contributed by atoms with Crippen LogP contribution in [-0.4, -0.2) is 58.0 Å². The van der Waals surface area contributed by atoms with E-state index in [0.717, 1.165) is 38.8 Å². The van der Waals surface area contributed by atoms with Crippen molar-refractivity contribution in [2.45, 2.75) is 64.0 Å². The summed E-state index contributed by atoms with van der Waals surface area (Å²) in [6, 6.07) is -0.338. The van der Waals surface area contributed by atoms with Crippen molar-refractivity contribution in [3.8, 4) is 0 Å². The molecule has 2 aliphatic heterocycles. The molecule has 0 aromatic heterocycles. The number of carbonyl (C=O) groups excluding carboxylic acids is 1. The van der Waals surface area contributed by atoms with E-state index in [1.54, 1.807) is 6.92 Å². The minimum atomic E-state index is -0.900. The molecule has 2 fully saturated rings. The summed E-state index contributed by atoms with van der Waals surface area (Å²) >= 11 is 0. The Bertz CT molecular complexity index is 379. The molecule has 0 bridgehead atoms. The Kier molecular flexibility index (Phi) is 4.68. The summed E-state index contributed by atoms with van der Waals surface area (Å²) in [7, 11) is 0. The van der Waals surface area contributed by atoms with E-state index < -0.39 is 11.5 Å². The number of amides is 1. The standard InChI is InChI=1S/C15H26N2O3/c1-12(13(18)16-9-5-3-6-10-16)17-11-7-4-8-15(17,2)14(19)20/h12H,3-11H2,1-2H3,(H,19,20). The summed E-state index contributed by atoms with van der Waals surface area (Å²) in [5.41, 5.74) is -0.900. The summed E-state index contributed by atoms with van der Waals surface area (Å²) < 4.78 is 0. The van der Waals surface area contributed by atoms with Crippen molar-refractivity contribution in [3.05, 3.63) is 0 Å². The van der Waals surface area contributed by atoms with Crippen molar-refractivity contribution in [1.29, 1.82) is 0 Å². The number of carbonyl (C=O) groups is 2. The molecule has 0 radical (unpaired) electrons. The normalized spacial score (nSPS) is 30.0. The summed E-state index contributed by atoms with van der Waals surface area (Å²) in [5.74, 6) is -0.713. The van der Waals surface area contributed by atoms with Gasteiger partial charge in [0.25, 0.3) is 0 Å². The number of likely N-dealkylation sites (tertiary alicyclic amines) is 2. The van der Waals surface area contributed by atoms with Crippen LogP contribution in [0.5, 0.6) is 0 Å². The summed E-state index contributed by atoms with van der Waals surface area (Å²) in [6.07, 6.45) is 5.84. The summed E-state index contributed by atoms with van der Waals surface area (Å²) in [4.78, 5) is 28.0. The molecular formula is C15H26N2O3. The maximum absolute atomic E-state index is 12.6. The second-order valence-corrected chi connectivity index (χ2v) is 6.29. The number of hydrogen-bond donors (Lipinski definition) is 1. The van der Waals surface area contributed by atoms with Crippen LogP contribution in [0.15, 0.2) is 0 Å². The molecule has 2 unspecified atom stereocenters. The van der Waals surface area contributed by atoms with Gasteiger partial charge in [0.05, 0.1) is 6.04 Å². The highest BCUT2D eigenvalue weighted by molar-refractivity contribution is 5.84. The lowest BCUT2D eigenvalue weighted by Crippen LogP contribution is -2.62. The molecule has 5 nitrogen and oxygen atoms in total. The van der Waals surface area contributed by atoms with E-state index in [4.69, 9.17) is 0 Å². The van der Waals surface area contributed by atoms with Gasteiger partial charge in [-0.05, 0) is 52.4 Å². The van der Waals surface area contributed by atoms with E-state index in [1.807, 2.05) is 16.7 Å². The molecule has 20 heavy (non-hydrogen) atoms. The zero-order valence-electron chi connectivity index (χ0n) is 12.6. The molecule has 0 spiro atoms. The van der Waals surface area contributed by atoms with Crippen molar-refractivity contribution in [2.24, 2.45) is 0 Å². The molecule has 0 aromatic carbocycles. The number of hydrogen-bond acceptors (Lipinski definition) is 3. The van der Waals surface area contributed by atoms with E-state index in [-0.39, 0.29) is 11.9 Å². The fourth-order valence-corrected chi connectivity index (χ4v) is 3.50. The number of piperidine rings is 2. The second kappa shape index (κ2) is 6.12. The van der Waals surface area contributed by atoms with Gasteiger partial charge in [-0.15, -0.1) is 0 Å². The highest BCUT2D eigenvalue weighted by atomic mass is 16.4. The molecule has 2 saturated heterocycles. The van der Waals surface area contributed by atoms with Gasteiger partial charge in [-0.3, -0.25) is 14.5 Å². The van der Waals surface area contributed by atoms with Gasteiger partial charge in [0.2, 0.25) is 5.91 Å². The van der Waals surface area contributed by atoms with E-state index in [0.29, 0.717) is 13.0 Å². The lowest BCUT2D eigenvalue weighted by atomic mass is 9.87. The molecule has 114 valence electrons. The van der Waals surface area contributed by atoms with Gasteiger partial charge < -0.3 is 10.0 Å². The van der Waals surface area contributed by atoms with Crippen LogP contribution in [0.25, 0.3) is 0 Å². The Balaban J connectivity index is 2.10. The van der Waals surface area contributed by atoms with Gasteiger partial charge in [-0.1, -0.05) is 0 Å². The smallest absolute Gasteiger partial charge is 0.323 e. The second-order valence-electron chi connectivity index (χ2n) is 6.29. The number of carboxylic acid groups (broad SMARTS) is 1. The Hall–Kier alpha value is -1.10.